The van der Waals surface area contributed by atoms with Crippen molar-refractivity contribution in [1.29, 1.82) is 0 Å². The largest absolute Gasteiger partial charge is 0.299 e. The standard InChI is InChI=1S/C9H17NO3/c1-5-6-7-8(2)9(11)10(12-3)13-4/h2,5-7H2,1,3-4H3. The van der Waals surface area contributed by atoms with Crippen molar-refractivity contribution < 1.29 is 14.5 Å². The second-order valence-electron chi connectivity index (χ2n) is 2.63. The number of hydroxylamine groups is 2. The lowest BCUT2D eigenvalue weighted by atomic mass is 10.1. The number of amides is 1. The van der Waals surface area contributed by atoms with Crippen molar-refractivity contribution in [2.24, 2.45) is 0 Å². The van der Waals surface area contributed by atoms with Gasteiger partial charge in [0.25, 0.3) is 5.91 Å². The van der Waals surface area contributed by atoms with Crippen LogP contribution < -0.4 is 0 Å². The maximum atomic E-state index is 11.4. The Kier molecular flexibility index (Phi) is 6.18. The van der Waals surface area contributed by atoms with Gasteiger partial charge in [-0.25, -0.2) is 9.68 Å². The summed E-state index contributed by atoms with van der Waals surface area (Å²) in [6.07, 6.45) is 2.66. The van der Waals surface area contributed by atoms with E-state index in [4.69, 9.17) is 0 Å². The molecule has 0 heterocycles. The maximum Gasteiger partial charge on any atom is 0.299 e. The van der Waals surface area contributed by atoms with Crippen LogP contribution in [-0.2, 0) is 14.5 Å². The second-order valence-corrected chi connectivity index (χ2v) is 2.63. The summed E-state index contributed by atoms with van der Waals surface area (Å²) < 4.78 is 0. The molecule has 0 radical (unpaired) electrons. The van der Waals surface area contributed by atoms with Gasteiger partial charge in [-0.05, 0) is 12.8 Å². The maximum absolute atomic E-state index is 11.4. The fraction of sp³-hybridized carbons (Fsp3) is 0.667. The molecule has 1 amide bonds. The Hall–Kier alpha value is -0.870. The van der Waals surface area contributed by atoms with Crippen LogP contribution in [0.4, 0.5) is 0 Å². The van der Waals surface area contributed by atoms with Crippen LogP contribution >= 0.6 is 0 Å². The summed E-state index contributed by atoms with van der Waals surface area (Å²) in [7, 11) is 2.74. The third-order valence-corrected chi connectivity index (χ3v) is 1.63. The topological polar surface area (TPSA) is 38.8 Å². The molecule has 0 saturated heterocycles. The molecule has 0 aromatic carbocycles. The minimum atomic E-state index is -0.321. The molecule has 0 rings (SSSR count). The molecule has 0 fully saturated rings. The first-order valence-corrected chi connectivity index (χ1v) is 4.27. The van der Waals surface area contributed by atoms with Crippen LogP contribution in [0, 0.1) is 0 Å². The van der Waals surface area contributed by atoms with Gasteiger partial charge >= 0.3 is 0 Å². The van der Waals surface area contributed by atoms with Crippen molar-refractivity contribution in [3.63, 3.8) is 0 Å². The molecule has 0 aliphatic rings. The summed E-state index contributed by atoms with van der Waals surface area (Å²) in [5.74, 6) is -0.321. The summed E-state index contributed by atoms with van der Waals surface area (Å²) in [5.41, 5.74) is 0.505. The van der Waals surface area contributed by atoms with Crippen molar-refractivity contribution >= 4 is 5.91 Å². The Morgan fingerprint density at radius 3 is 2.31 bits per heavy atom. The third-order valence-electron chi connectivity index (χ3n) is 1.63. The zero-order chi connectivity index (χ0) is 10.3. The van der Waals surface area contributed by atoms with E-state index in [1.54, 1.807) is 0 Å². The highest BCUT2D eigenvalue weighted by atomic mass is 16.9. The monoisotopic (exact) mass is 187 g/mol. The smallest absolute Gasteiger partial charge is 0.265 e. The predicted molar refractivity (Wildman–Crippen MR) is 49.5 cm³/mol. The van der Waals surface area contributed by atoms with E-state index in [1.165, 1.54) is 14.2 Å². The molecule has 4 nitrogen and oxygen atoms in total. The molecule has 0 bridgehead atoms. The van der Waals surface area contributed by atoms with Crippen molar-refractivity contribution in [2.75, 3.05) is 14.2 Å². The molecule has 76 valence electrons. The SMILES string of the molecule is C=C(CCCC)C(=O)N(OC)OC. The van der Waals surface area contributed by atoms with E-state index in [0.29, 0.717) is 12.0 Å². The van der Waals surface area contributed by atoms with E-state index in [2.05, 4.69) is 23.2 Å². The van der Waals surface area contributed by atoms with Crippen LogP contribution in [0.25, 0.3) is 0 Å². The molecule has 0 N–H and O–H groups in total. The van der Waals surface area contributed by atoms with E-state index >= 15 is 0 Å². The quantitative estimate of drug-likeness (QED) is 0.469. The van der Waals surface area contributed by atoms with E-state index in [-0.39, 0.29) is 5.91 Å². The first-order valence-electron chi connectivity index (χ1n) is 4.27. The number of rotatable bonds is 6. The molecule has 0 aliphatic carbocycles. The molecular formula is C9H17NO3. The normalized spacial score (nSPS) is 9.77. The van der Waals surface area contributed by atoms with Crippen LogP contribution in [0.3, 0.4) is 0 Å². The van der Waals surface area contributed by atoms with Gasteiger partial charge in [0.15, 0.2) is 0 Å². The van der Waals surface area contributed by atoms with Gasteiger partial charge in [0.2, 0.25) is 0 Å². The summed E-state index contributed by atoms with van der Waals surface area (Å²) in [6.45, 7) is 5.72. The minimum Gasteiger partial charge on any atom is -0.265 e. The molecule has 0 aromatic rings. The zero-order valence-corrected chi connectivity index (χ0v) is 8.50. The summed E-state index contributed by atoms with van der Waals surface area (Å²) in [6, 6.07) is 0. The van der Waals surface area contributed by atoms with Crippen LogP contribution in [0.15, 0.2) is 12.2 Å². The molecule has 0 aliphatic heterocycles. The van der Waals surface area contributed by atoms with Crippen LogP contribution in [0.1, 0.15) is 26.2 Å². The van der Waals surface area contributed by atoms with Gasteiger partial charge < -0.3 is 0 Å². The molecular weight excluding hydrogens is 170 g/mol. The average Bonchev–Trinajstić information content (AvgIpc) is 2.15. The predicted octanol–water partition coefficient (Wildman–Crippen LogP) is 1.68. The highest BCUT2D eigenvalue weighted by Gasteiger charge is 2.15. The fourth-order valence-corrected chi connectivity index (χ4v) is 0.867. The van der Waals surface area contributed by atoms with E-state index in [9.17, 15) is 4.79 Å². The molecule has 0 atom stereocenters. The molecule has 13 heavy (non-hydrogen) atoms. The van der Waals surface area contributed by atoms with Gasteiger partial charge in [-0.1, -0.05) is 25.2 Å². The second kappa shape index (κ2) is 6.62. The van der Waals surface area contributed by atoms with Crippen molar-refractivity contribution in [2.45, 2.75) is 26.2 Å². The van der Waals surface area contributed by atoms with Gasteiger partial charge in [0.05, 0.1) is 14.2 Å². The van der Waals surface area contributed by atoms with Crippen LogP contribution in [0.2, 0.25) is 0 Å². The number of hydrogen-bond donors (Lipinski definition) is 0. The Bertz CT molecular complexity index is 176. The Labute approximate surface area is 79.0 Å². The molecule has 0 saturated carbocycles. The van der Waals surface area contributed by atoms with E-state index in [1.807, 2.05) is 0 Å². The fourth-order valence-electron chi connectivity index (χ4n) is 0.867. The van der Waals surface area contributed by atoms with E-state index < -0.39 is 0 Å². The Morgan fingerprint density at radius 1 is 1.38 bits per heavy atom. The first-order chi connectivity index (χ1) is 6.17. The zero-order valence-electron chi connectivity index (χ0n) is 8.50. The minimum absolute atomic E-state index is 0.321. The van der Waals surface area contributed by atoms with Crippen LogP contribution in [-0.4, -0.2) is 25.4 Å². The van der Waals surface area contributed by atoms with Crippen LogP contribution in [0.5, 0.6) is 0 Å². The number of nitrogens with zero attached hydrogens (tertiary/aromatic N) is 1. The Morgan fingerprint density at radius 2 is 1.92 bits per heavy atom. The van der Waals surface area contributed by atoms with Gasteiger partial charge in [-0.2, -0.15) is 0 Å². The number of unbranched alkanes of at least 4 members (excludes halogenated alkanes) is 1. The lowest BCUT2D eigenvalue weighted by molar-refractivity contribution is -0.314. The number of carbonyl (C=O) groups excluding carboxylic acids is 1. The third kappa shape index (κ3) is 4.05. The average molecular weight is 187 g/mol. The molecule has 0 unspecified atom stereocenters. The lowest BCUT2D eigenvalue weighted by Crippen LogP contribution is -2.29. The Balaban J connectivity index is 4.00. The van der Waals surface area contributed by atoms with Gasteiger partial charge in [-0.15, -0.1) is 0 Å². The van der Waals surface area contributed by atoms with Gasteiger partial charge in [-0.3, -0.25) is 4.79 Å². The molecule has 4 heteroatoms. The number of hydrogen-bond acceptors (Lipinski definition) is 3. The highest BCUT2D eigenvalue weighted by Crippen LogP contribution is 2.08. The van der Waals surface area contributed by atoms with Crippen molar-refractivity contribution in [3.05, 3.63) is 12.2 Å². The van der Waals surface area contributed by atoms with Crippen molar-refractivity contribution in [1.82, 2.24) is 5.23 Å². The molecule has 0 aromatic heterocycles. The van der Waals surface area contributed by atoms with Gasteiger partial charge in [0.1, 0.15) is 0 Å². The first kappa shape index (κ1) is 12.1. The summed E-state index contributed by atoms with van der Waals surface area (Å²) in [5, 5.41) is 0.817. The summed E-state index contributed by atoms with van der Waals surface area (Å²) in [4.78, 5) is 20.7. The highest BCUT2D eigenvalue weighted by molar-refractivity contribution is 5.91. The molecule has 0 spiro atoms. The van der Waals surface area contributed by atoms with Crippen molar-refractivity contribution in [3.8, 4) is 0 Å². The van der Waals surface area contributed by atoms with Gasteiger partial charge in [0, 0.05) is 5.57 Å². The lowest BCUT2D eigenvalue weighted by Gasteiger charge is -2.16. The van der Waals surface area contributed by atoms with E-state index in [0.717, 1.165) is 18.1 Å². The summed E-state index contributed by atoms with van der Waals surface area (Å²) >= 11 is 0. The number of carbonyl (C=O) groups is 1.